The number of carbonyl (C=O) groups excluding carboxylic acids is 1. The van der Waals surface area contributed by atoms with E-state index in [0.717, 1.165) is 4.34 Å². The summed E-state index contributed by atoms with van der Waals surface area (Å²) in [5.74, 6) is 1.17. The van der Waals surface area contributed by atoms with Crippen LogP contribution in [0, 0.1) is 0 Å². The summed E-state index contributed by atoms with van der Waals surface area (Å²) in [5.41, 5.74) is 2.24. The number of carbonyl (C=O) groups is 1. The summed E-state index contributed by atoms with van der Waals surface area (Å²) in [4.78, 5) is 12.4. The molecule has 0 unspecified atom stereocenters. The Morgan fingerprint density at radius 2 is 2.05 bits per heavy atom. The van der Waals surface area contributed by atoms with Crippen LogP contribution >= 0.6 is 23.1 Å². The van der Waals surface area contributed by atoms with Gasteiger partial charge in [0.2, 0.25) is 0 Å². The number of hydrogen-bond acceptors (Lipinski definition) is 7. The zero-order chi connectivity index (χ0) is 14.5. The molecule has 0 radical (unpaired) electrons. The van der Waals surface area contributed by atoms with E-state index in [4.69, 9.17) is 9.47 Å². The van der Waals surface area contributed by atoms with Crippen molar-refractivity contribution in [3.8, 4) is 11.5 Å². The summed E-state index contributed by atoms with van der Waals surface area (Å²) in [6.07, 6.45) is 0. The molecule has 5 nitrogen and oxygen atoms in total. The van der Waals surface area contributed by atoms with Crippen molar-refractivity contribution in [3.05, 3.63) is 29.3 Å². The lowest BCUT2D eigenvalue weighted by molar-refractivity contribution is 0.0993. The lowest BCUT2D eigenvalue weighted by Crippen LogP contribution is -2.13. The number of nitrogens with zero attached hydrogens (tertiary/aromatic N) is 2. The van der Waals surface area contributed by atoms with Crippen molar-refractivity contribution in [3.63, 3.8) is 0 Å². The molecule has 0 fully saturated rings. The van der Waals surface area contributed by atoms with E-state index in [2.05, 4.69) is 10.2 Å². The first-order valence-electron chi connectivity index (χ1n) is 5.84. The van der Waals surface area contributed by atoms with Crippen LogP contribution in [0.3, 0.4) is 0 Å². The first kappa shape index (κ1) is 14.8. The standard InChI is InChI=1S/C13H14N2O3S2/c1-8(20-13-15-14-7-19-13)12(16)9-4-5-10(17-2)11(6-9)18-3/h4-8H,1-3H3/t8-/m1/s1. The molecule has 0 amide bonds. The molecule has 0 spiro atoms. The Labute approximate surface area is 125 Å². The predicted octanol–water partition coefficient (Wildman–Crippen LogP) is 2.92. The number of benzene rings is 1. The summed E-state index contributed by atoms with van der Waals surface area (Å²) in [6, 6.07) is 5.16. The summed E-state index contributed by atoms with van der Waals surface area (Å²) < 4.78 is 11.2. The van der Waals surface area contributed by atoms with Gasteiger partial charge in [-0.2, -0.15) is 0 Å². The van der Waals surface area contributed by atoms with Crippen LogP contribution in [0.15, 0.2) is 28.0 Å². The second-order valence-corrected chi connectivity index (χ2v) is 6.32. The third kappa shape index (κ3) is 3.29. The Balaban J connectivity index is 2.16. The molecule has 0 saturated heterocycles. The minimum atomic E-state index is -0.235. The lowest BCUT2D eigenvalue weighted by atomic mass is 10.1. The maximum atomic E-state index is 12.4. The van der Waals surface area contributed by atoms with Gasteiger partial charge in [-0.3, -0.25) is 4.79 Å². The average molecular weight is 310 g/mol. The van der Waals surface area contributed by atoms with Crippen molar-refractivity contribution in [1.29, 1.82) is 0 Å². The number of ether oxygens (including phenoxy) is 2. The largest absolute Gasteiger partial charge is 0.493 e. The molecule has 0 saturated carbocycles. The monoisotopic (exact) mass is 310 g/mol. The van der Waals surface area contributed by atoms with Gasteiger partial charge in [-0.05, 0) is 25.1 Å². The zero-order valence-electron chi connectivity index (χ0n) is 11.3. The van der Waals surface area contributed by atoms with Crippen LogP contribution in [0.1, 0.15) is 17.3 Å². The molecule has 0 aliphatic rings. The number of rotatable bonds is 6. The Bertz CT molecular complexity index is 587. The van der Waals surface area contributed by atoms with Crippen LogP contribution in [0.25, 0.3) is 0 Å². The lowest BCUT2D eigenvalue weighted by Gasteiger charge is -2.11. The maximum absolute atomic E-state index is 12.4. The molecule has 2 aromatic rings. The molecule has 7 heteroatoms. The molecule has 0 aliphatic heterocycles. The van der Waals surface area contributed by atoms with Crippen LogP contribution in [-0.2, 0) is 0 Å². The fourth-order valence-electron chi connectivity index (χ4n) is 1.64. The van der Waals surface area contributed by atoms with Gasteiger partial charge in [0.05, 0.1) is 19.5 Å². The second-order valence-electron chi connectivity index (χ2n) is 3.90. The molecule has 1 heterocycles. The average Bonchev–Trinajstić information content (AvgIpc) is 2.98. The minimum Gasteiger partial charge on any atom is -0.493 e. The predicted molar refractivity (Wildman–Crippen MR) is 79.1 cm³/mol. The van der Waals surface area contributed by atoms with Crippen molar-refractivity contribution in [1.82, 2.24) is 10.2 Å². The van der Waals surface area contributed by atoms with Crippen LogP contribution in [0.2, 0.25) is 0 Å². The molecule has 0 aliphatic carbocycles. The highest BCUT2D eigenvalue weighted by Crippen LogP contribution is 2.31. The van der Waals surface area contributed by atoms with Crippen molar-refractivity contribution in [2.24, 2.45) is 0 Å². The molecule has 1 aromatic carbocycles. The molecular weight excluding hydrogens is 296 g/mol. The summed E-state index contributed by atoms with van der Waals surface area (Å²) in [5, 5.41) is 7.45. The smallest absolute Gasteiger partial charge is 0.176 e. The van der Waals surface area contributed by atoms with Gasteiger partial charge in [-0.15, -0.1) is 10.2 Å². The van der Waals surface area contributed by atoms with Gasteiger partial charge in [-0.1, -0.05) is 23.1 Å². The fourth-order valence-corrected chi connectivity index (χ4v) is 3.35. The second kappa shape index (κ2) is 6.71. The van der Waals surface area contributed by atoms with E-state index >= 15 is 0 Å². The van der Waals surface area contributed by atoms with E-state index in [0.29, 0.717) is 17.1 Å². The van der Waals surface area contributed by atoms with Gasteiger partial charge in [0.1, 0.15) is 5.51 Å². The highest BCUT2D eigenvalue weighted by Gasteiger charge is 2.19. The van der Waals surface area contributed by atoms with E-state index in [-0.39, 0.29) is 11.0 Å². The molecule has 1 atom stereocenters. The topological polar surface area (TPSA) is 61.3 Å². The van der Waals surface area contributed by atoms with Crippen LogP contribution < -0.4 is 9.47 Å². The van der Waals surface area contributed by atoms with E-state index < -0.39 is 0 Å². The van der Waals surface area contributed by atoms with E-state index in [1.165, 1.54) is 23.1 Å². The normalized spacial score (nSPS) is 11.9. The van der Waals surface area contributed by atoms with Gasteiger partial charge in [0.15, 0.2) is 21.6 Å². The van der Waals surface area contributed by atoms with Crippen molar-refractivity contribution in [2.45, 2.75) is 16.5 Å². The number of thioether (sulfide) groups is 1. The molecular formula is C13H14N2O3S2. The number of Topliss-reactive ketones (excluding diaryl/α,β-unsaturated/α-hetero) is 1. The van der Waals surface area contributed by atoms with E-state index in [1.54, 1.807) is 37.9 Å². The number of methoxy groups -OCH3 is 2. The van der Waals surface area contributed by atoms with Gasteiger partial charge in [0.25, 0.3) is 0 Å². The van der Waals surface area contributed by atoms with E-state index in [1.807, 2.05) is 6.92 Å². The van der Waals surface area contributed by atoms with Gasteiger partial charge in [-0.25, -0.2) is 0 Å². The van der Waals surface area contributed by atoms with Gasteiger partial charge >= 0.3 is 0 Å². The van der Waals surface area contributed by atoms with Crippen molar-refractivity contribution in [2.75, 3.05) is 14.2 Å². The quantitative estimate of drug-likeness (QED) is 0.604. The van der Waals surface area contributed by atoms with Gasteiger partial charge < -0.3 is 9.47 Å². The molecule has 106 valence electrons. The Morgan fingerprint density at radius 1 is 1.30 bits per heavy atom. The fraction of sp³-hybridized carbons (Fsp3) is 0.308. The highest BCUT2D eigenvalue weighted by molar-refractivity contribution is 8.02. The van der Waals surface area contributed by atoms with E-state index in [9.17, 15) is 4.79 Å². The SMILES string of the molecule is COc1ccc(C(=O)[C@@H](C)Sc2nncs2)cc1OC. The zero-order valence-corrected chi connectivity index (χ0v) is 13.0. The maximum Gasteiger partial charge on any atom is 0.176 e. The molecule has 20 heavy (non-hydrogen) atoms. The third-order valence-electron chi connectivity index (χ3n) is 2.65. The molecule has 0 N–H and O–H groups in total. The number of hydrogen-bond donors (Lipinski definition) is 0. The molecule has 2 rings (SSSR count). The van der Waals surface area contributed by atoms with Crippen molar-refractivity contribution >= 4 is 28.9 Å². The third-order valence-corrected chi connectivity index (χ3v) is 4.57. The molecule has 1 aromatic heterocycles. The summed E-state index contributed by atoms with van der Waals surface area (Å²) in [6.45, 7) is 1.85. The molecule has 0 bridgehead atoms. The first-order chi connectivity index (χ1) is 9.65. The number of ketones is 1. The Kier molecular flexibility index (Phi) is 4.97. The van der Waals surface area contributed by atoms with Gasteiger partial charge in [0, 0.05) is 5.56 Å². The first-order valence-corrected chi connectivity index (χ1v) is 7.60. The Morgan fingerprint density at radius 3 is 2.65 bits per heavy atom. The summed E-state index contributed by atoms with van der Waals surface area (Å²) >= 11 is 2.82. The summed E-state index contributed by atoms with van der Waals surface area (Å²) in [7, 11) is 3.11. The van der Waals surface area contributed by atoms with Crippen LogP contribution in [0.5, 0.6) is 11.5 Å². The highest BCUT2D eigenvalue weighted by atomic mass is 32.2. The van der Waals surface area contributed by atoms with Crippen LogP contribution in [0.4, 0.5) is 0 Å². The van der Waals surface area contributed by atoms with Crippen molar-refractivity contribution < 1.29 is 14.3 Å². The number of aromatic nitrogens is 2. The van der Waals surface area contributed by atoms with Crippen LogP contribution in [-0.4, -0.2) is 35.5 Å². The Hall–Kier alpha value is -1.60. The minimum absolute atomic E-state index is 0.0196.